The molecule has 0 aromatic carbocycles. The average Bonchev–Trinajstić information content (AvgIpc) is 2.46. The van der Waals surface area contributed by atoms with Gasteiger partial charge in [0.2, 0.25) is 5.91 Å². The lowest BCUT2D eigenvalue weighted by atomic mass is 10.4. The van der Waals surface area contributed by atoms with Gasteiger partial charge in [0.25, 0.3) is 0 Å². The largest absolute Gasteiger partial charge is 0.355 e. The highest BCUT2D eigenvalue weighted by atomic mass is 16.1. The van der Waals surface area contributed by atoms with Gasteiger partial charge in [-0.2, -0.15) is 0 Å². The Morgan fingerprint density at radius 2 is 2.29 bits per heavy atom. The lowest BCUT2D eigenvalue weighted by Gasteiger charge is -2.05. The minimum absolute atomic E-state index is 0.0172. The Bertz CT molecular complexity index is 317. The van der Waals surface area contributed by atoms with Crippen molar-refractivity contribution in [3.05, 3.63) is 17.7 Å². The maximum atomic E-state index is 11.4. The van der Waals surface area contributed by atoms with E-state index >= 15 is 0 Å². The Kier molecular flexibility index (Phi) is 3.68. The van der Waals surface area contributed by atoms with Crippen LogP contribution in [0, 0.1) is 20.2 Å². The zero-order valence-corrected chi connectivity index (χ0v) is 8.92. The smallest absolute Gasteiger partial charge is 0.240 e. The maximum absolute atomic E-state index is 11.4. The summed E-state index contributed by atoms with van der Waals surface area (Å²) in [5, 5.41) is 2.81. The molecule has 0 fully saturated rings. The van der Waals surface area contributed by atoms with Crippen molar-refractivity contribution in [2.75, 3.05) is 6.54 Å². The Morgan fingerprint density at radius 1 is 1.57 bits per heavy atom. The van der Waals surface area contributed by atoms with E-state index in [-0.39, 0.29) is 5.91 Å². The quantitative estimate of drug-likeness (QED) is 0.771. The topological polar surface area (TPSA) is 46.9 Å². The van der Waals surface area contributed by atoms with E-state index in [9.17, 15) is 4.79 Å². The van der Waals surface area contributed by atoms with Crippen LogP contribution >= 0.6 is 0 Å². The van der Waals surface area contributed by atoms with Gasteiger partial charge in [0, 0.05) is 12.2 Å². The number of carbonyl (C=O) groups is 1. The molecule has 0 atom stereocenters. The first-order chi connectivity index (χ1) is 6.65. The molecule has 77 valence electrons. The summed E-state index contributed by atoms with van der Waals surface area (Å²) in [5.41, 5.74) is 1.92. The summed E-state index contributed by atoms with van der Waals surface area (Å²) in [5.74, 6) is 0.0172. The lowest BCUT2D eigenvalue weighted by Crippen LogP contribution is -2.28. The zero-order chi connectivity index (χ0) is 10.6. The normalized spacial score (nSPS) is 10.2. The van der Waals surface area contributed by atoms with Crippen molar-refractivity contribution < 1.29 is 4.79 Å². The molecule has 0 aliphatic carbocycles. The molecular formula is C10H16N3O. The van der Waals surface area contributed by atoms with Crippen molar-refractivity contribution in [2.45, 2.75) is 33.7 Å². The molecule has 0 saturated carbocycles. The summed E-state index contributed by atoms with van der Waals surface area (Å²) < 4.78 is 1.74. The van der Waals surface area contributed by atoms with Crippen LogP contribution in [0.25, 0.3) is 0 Å². The van der Waals surface area contributed by atoms with Crippen molar-refractivity contribution in [1.29, 1.82) is 0 Å². The van der Waals surface area contributed by atoms with Gasteiger partial charge in [-0.05, 0) is 20.3 Å². The van der Waals surface area contributed by atoms with Crippen LogP contribution in [-0.4, -0.2) is 22.0 Å². The van der Waals surface area contributed by atoms with Gasteiger partial charge in [0.05, 0.1) is 5.69 Å². The van der Waals surface area contributed by atoms with E-state index in [0.717, 1.165) is 24.4 Å². The molecule has 0 aliphatic rings. The number of hydrogen-bond acceptors (Lipinski definition) is 2. The molecule has 0 aliphatic heterocycles. The Balaban J connectivity index is 2.52. The number of aryl methyl sites for hydroxylation is 1. The predicted molar refractivity (Wildman–Crippen MR) is 53.8 cm³/mol. The second-order valence-corrected chi connectivity index (χ2v) is 3.32. The van der Waals surface area contributed by atoms with E-state index in [1.807, 2.05) is 20.8 Å². The van der Waals surface area contributed by atoms with Crippen LogP contribution in [0.1, 0.15) is 24.7 Å². The molecule has 0 unspecified atom stereocenters. The van der Waals surface area contributed by atoms with Gasteiger partial charge < -0.3 is 9.88 Å². The van der Waals surface area contributed by atoms with Gasteiger partial charge in [-0.1, -0.05) is 6.92 Å². The number of amides is 1. The number of aromatic nitrogens is 2. The van der Waals surface area contributed by atoms with Crippen molar-refractivity contribution in [1.82, 2.24) is 14.9 Å². The molecule has 1 aromatic rings. The molecule has 0 saturated heterocycles. The Labute approximate surface area is 84.3 Å². The van der Waals surface area contributed by atoms with Crippen LogP contribution in [0.15, 0.2) is 0 Å². The zero-order valence-electron chi connectivity index (χ0n) is 8.92. The monoisotopic (exact) mass is 194 g/mol. The van der Waals surface area contributed by atoms with Gasteiger partial charge in [-0.3, -0.25) is 4.79 Å². The van der Waals surface area contributed by atoms with Gasteiger partial charge in [-0.25, -0.2) is 4.98 Å². The summed E-state index contributed by atoms with van der Waals surface area (Å²) in [6.45, 7) is 6.91. The van der Waals surface area contributed by atoms with Crippen molar-refractivity contribution in [3.63, 3.8) is 0 Å². The van der Waals surface area contributed by atoms with Crippen LogP contribution in [0.3, 0.4) is 0 Å². The minimum Gasteiger partial charge on any atom is -0.355 e. The van der Waals surface area contributed by atoms with Gasteiger partial charge in [-0.15, -0.1) is 0 Å². The fraction of sp³-hybridized carbons (Fsp3) is 0.600. The molecule has 4 nitrogen and oxygen atoms in total. The third-order valence-corrected chi connectivity index (χ3v) is 2.14. The molecule has 1 N–H and O–H groups in total. The first kappa shape index (κ1) is 10.8. The highest BCUT2D eigenvalue weighted by molar-refractivity contribution is 5.75. The highest BCUT2D eigenvalue weighted by Crippen LogP contribution is 2.02. The van der Waals surface area contributed by atoms with E-state index < -0.39 is 0 Å². The lowest BCUT2D eigenvalue weighted by molar-refractivity contribution is -0.121. The molecule has 0 bridgehead atoms. The summed E-state index contributed by atoms with van der Waals surface area (Å²) in [6.07, 6.45) is 3.74. The third kappa shape index (κ3) is 2.58. The molecule has 1 radical (unpaired) electrons. The number of carbonyl (C=O) groups excluding carboxylic acids is 1. The van der Waals surface area contributed by atoms with Crippen molar-refractivity contribution in [3.8, 4) is 0 Å². The Hall–Kier alpha value is -1.32. The number of rotatable bonds is 4. The number of imidazole rings is 1. The summed E-state index contributed by atoms with van der Waals surface area (Å²) in [7, 11) is 0. The molecule has 4 heteroatoms. The molecule has 1 aromatic heterocycles. The number of nitrogens with zero attached hydrogens (tertiary/aromatic N) is 2. The van der Waals surface area contributed by atoms with E-state index in [4.69, 9.17) is 0 Å². The summed E-state index contributed by atoms with van der Waals surface area (Å²) in [6, 6.07) is 0. The minimum atomic E-state index is 0.0172. The fourth-order valence-corrected chi connectivity index (χ4v) is 1.10. The highest BCUT2D eigenvalue weighted by Gasteiger charge is 2.06. The van der Waals surface area contributed by atoms with Gasteiger partial charge in [0.15, 0.2) is 6.33 Å². The molecular weight excluding hydrogens is 178 g/mol. The van der Waals surface area contributed by atoms with E-state index in [2.05, 4.69) is 16.6 Å². The predicted octanol–water partition coefficient (Wildman–Crippen LogP) is 0.826. The first-order valence-electron chi connectivity index (χ1n) is 4.83. The van der Waals surface area contributed by atoms with Crippen LogP contribution in [0.5, 0.6) is 0 Å². The van der Waals surface area contributed by atoms with E-state index in [1.54, 1.807) is 4.57 Å². The standard InChI is InChI=1S/C10H16N3O/c1-4-5-11-10(14)6-13-7-12-8(2)9(13)3/h4-6H2,1-3H3,(H,11,14). The second kappa shape index (κ2) is 4.79. The fourth-order valence-electron chi connectivity index (χ4n) is 1.10. The summed E-state index contributed by atoms with van der Waals surface area (Å²) >= 11 is 0. The maximum Gasteiger partial charge on any atom is 0.240 e. The van der Waals surface area contributed by atoms with E-state index in [0.29, 0.717) is 6.54 Å². The number of hydrogen-bond donors (Lipinski definition) is 1. The molecule has 14 heavy (non-hydrogen) atoms. The molecule has 1 rings (SSSR count). The van der Waals surface area contributed by atoms with Crippen LogP contribution in [-0.2, 0) is 11.3 Å². The number of nitrogens with one attached hydrogen (secondary N) is 1. The first-order valence-corrected chi connectivity index (χ1v) is 4.83. The molecule has 0 spiro atoms. The van der Waals surface area contributed by atoms with Crippen molar-refractivity contribution >= 4 is 5.91 Å². The van der Waals surface area contributed by atoms with Crippen LogP contribution in [0.4, 0.5) is 0 Å². The van der Waals surface area contributed by atoms with Gasteiger partial charge >= 0.3 is 0 Å². The van der Waals surface area contributed by atoms with E-state index in [1.165, 1.54) is 0 Å². The second-order valence-electron chi connectivity index (χ2n) is 3.32. The molecule has 1 amide bonds. The third-order valence-electron chi connectivity index (χ3n) is 2.14. The average molecular weight is 194 g/mol. The van der Waals surface area contributed by atoms with Crippen molar-refractivity contribution in [2.24, 2.45) is 0 Å². The van der Waals surface area contributed by atoms with Crippen LogP contribution < -0.4 is 5.32 Å². The SMILES string of the molecule is CCCNC(=O)Cn1[c]nc(C)c1C. The summed E-state index contributed by atoms with van der Waals surface area (Å²) in [4.78, 5) is 15.4. The Morgan fingerprint density at radius 3 is 2.79 bits per heavy atom. The molecule has 1 heterocycles. The van der Waals surface area contributed by atoms with Crippen LogP contribution in [0.2, 0.25) is 0 Å². The van der Waals surface area contributed by atoms with Gasteiger partial charge in [0.1, 0.15) is 6.54 Å².